The minimum Gasteiger partial charge on any atom is -0.392 e. The van der Waals surface area contributed by atoms with Gasteiger partial charge in [-0.1, -0.05) is 28.6 Å². The maximum Gasteiger partial charge on any atom is 0.280 e. The zero-order chi connectivity index (χ0) is 24.6. The summed E-state index contributed by atoms with van der Waals surface area (Å²) in [6, 6.07) is 5.82. The van der Waals surface area contributed by atoms with Crippen LogP contribution in [0.1, 0.15) is 38.2 Å². The van der Waals surface area contributed by atoms with E-state index in [0.29, 0.717) is 43.0 Å². The first-order valence-electron chi connectivity index (χ1n) is 10.9. The molecule has 1 aromatic carbocycles. The highest BCUT2D eigenvalue weighted by Gasteiger charge is 2.27. The second-order valence-electron chi connectivity index (χ2n) is 7.67. The van der Waals surface area contributed by atoms with E-state index in [9.17, 15) is 17.6 Å². The molecule has 2 atom stereocenters. The largest absolute Gasteiger partial charge is 0.392 e. The Morgan fingerprint density at radius 2 is 2.00 bits per heavy atom. The maximum absolute atomic E-state index is 13.3. The molecule has 0 bridgehead atoms. The van der Waals surface area contributed by atoms with Gasteiger partial charge in [0.1, 0.15) is 6.10 Å². The summed E-state index contributed by atoms with van der Waals surface area (Å²) in [6.07, 6.45) is 3.48. The number of nitrogens with zero attached hydrogens (tertiary/aromatic N) is 2. The lowest BCUT2D eigenvalue weighted by Crippen LogP contribution is -2.25. The lowest BCUT2D eigenvalue weighted by molar-refractivity contribution is -0.110. The van der Waals surface area contributed by atoms with E-state index in [2.05, 4.69) is 15.5 Å². The third-order valence-electron chi connectivity index (χ3n) is 5.19. The number of aromatic nitrogens is 1. The fraction of sp³-hybridized carbons (Fsp3) is 0.500. The summed E-state index contributed by atoms with van der Waals surface area (Å²) in [6.45, 7) is 2.88. The summed E-state index contributed by atoms with van der Waals surface area (Å²) < 4.78 is 48.8. The third kappa shape index (κ3) is 7.29. The number of oxime groups is 1. The molecule has 0 unspecified atom stereocenters. The Bertz CT molecular complexity index is 1090. The van der Waals surface area contributed by atoms with Gasteiger partial charge in [0.2, 0.25) is 0 Å². The van der Waals surface area contributed by atoms with Crippen LogP contribution in [-0.2, 0) is 28.9 Å². The molecule has 0 spiro atoms. The molecule has 1 N–H and O–H groups in total. The van der Waals surface area contributed by atoms with E-state index in [4.69, 9.17) is 14.3 Å². The molecule has 0 radical (unpaired) electrons. The smallest absolute Gasteiger partial charge is 0.280 e. The van der Waals surface area contributed by atoms with Crippen molar-refractivity contribution in [3.63, 3.8) is 0 Å². The van der Waals surface area contributed by atoms with E-state index < -0.39 is 20.9 Å². The van der Waals surface area contributed by atoms with Gasteiger partial charge >= 0.3 is 0 Å². The van der Waals surface area contributed by atoms with Crippen LogP contribution in [0.4, 0.5) is 9.52 Å². The van der Waals surface area contributed by atoms with Gasteiger partial charge in [0.25, 0.3) is 5.91 Å². The van der Waals surface area contributed by atoms with Gasteiger partial charge in [-0.15, -0.1) is 0 Å². The summed E-state index contributed by atoms with van der Waals surface area (Å²) in [5, 5.41) is 6.13. The van der Waals surface area contributed by atoms with Crippen molar-refractivity contribution in [1.29, 1.82) is 0 Å². The third-order valence-corrected chi connectivity index (χ3v) is 7.71. The molecule has 1 aromatic heterocycles. The van der Waals surface area contributed by atoms with Gasteiger partial charge in [-0.2, -0.15) is 4.39 Å². The Balaban J connectivity index is 1.79. The Morgan fingerprint density at radius 1 is 1.26 bits per heavy atom. The normalized spacial score (nSPS) is 18.7. The second kappa shape index (κ2) is 12.3. The number of rotatable bonds is 12. The molecule has 12 heteroatoms. The van der Waals surface area contributed by atoms with Crippen molar-refractivity contribution in [1.82, 2.24) is 4.98 Å². The van der Waals surface area contributed by atoms with Crippen LogP contribution in [0.25, 0.3) is 0 Å². The molecule has 2 aromatic rings. The van der Waals surface area contributed by atoms with Crippen LogP contribution >= 0.6 is 11.3 Å². The standard InChI is InChI=1S/C22H28FN3O6S2/c1-3-31-16-7-8-17(13-16)32-26-20(21(27)25-22-24-14-19(23)33-22)15-5-9-18(10-6-15)34(28,29)12-4-11-30-2/h5-6,9-10,14,16-17H,3-4,7-8,11-13H2,1-2H3,(H,24,25,27)/t16-,17-/m1/s1. The van der Waals surface area contributed by atoms with E-state index in [1.807, 2.05) is 6.92 Å². The Kier molecular flexibility index (Phi) is 9.51. The van der Waals surface area contributed by atoms with E-state index in [1.165, 1.54) is 31.4 Å². The van der Waals surface area contributed by atoms with Crippen LogP contribution < -0.4 is 5.32 Å². The van der Waals surface area contributed by atoms with Crippen molar-refractivity contribution < 1.29 is 31.9 Å². The molecule has 1 heterocycles. The number of carbonyl (C=O) groups is 1. The highest BCUT2D eigenvalue weighted by atomic mass is 32.2. The summed E-state index contributed by atoms with van der Waals surface area (Å²) >= 11 is 0.681. The minimum atomic E-state index is -3.49. The van der Waals surface area contributed by atoms with E-state index in [-0.39, 0.29) is 33.7 Å². The Labute approximate surface area is 202 Å². The molecule has 0 aliphatic heterocycles. The number of nitrogens with one attached hydrogen (secondary N) is 1. The first kappa shape index (κ1) is 26.2. The molecule has 3 rings (SSSR count). The van der Waals surface area contributed by atoms with Gasteiger partial charge in [-0.3, -0.25) is 10.1 Å². The lowest BCUT2D eigenvalue weighted by atomic mass is 10.1. The van der Waals surface area contributed by atoms with Crippen LogP contribution in [-0.4, -0.2) is 63.3 Å². The fourth-order valence-electron chi connectivity index (χ4n) is 3.54. The molecule has 34 heavy (non-hydrogen) atoms. The summed E-state index contributed by atoms with van der Waals surface area (Å²) in [5.74, 6) is -0.701. The van der Waals surface area contributed by atoms with Gasteiger partial charge in [-0.05, 0) is 38.3 Å². The number of halogens is 1. The summed E-state index contributed by atoms with van der Waals surface area (Å²) in [5.41, 5.74) is 0.281. The zero-order valence-corrected chi connectivity index (χ0v) is 20.7. The zero-order valence-electron chi connectivity index (χ0n) is 19.0. The molecule has 0 saturated heterocycles. The van der Waals surface area contributed by atoms with Gasteiger partial charge in [0.05, 0.1) is 22.9 Å². The van der Waals surface area contributed by atoms with Crippen LogP contribution in [0.3, 0.4) is 0 Å². The molecule has 9 nitrogen and oxygen atoms in total. The van der Waals surface area contributed by atoms with E-state index >= 15 is 0 Å². The number of sulfone groups is 1. The quantitative estimate of drug-likeness (QED) is 0.263. The van der Waals surface area contributed by atoms with Crippen molar-refractivity contribution in [3.8, 4) is 0 Å². The van der Waals surface area contributed by atoms with Crippen molar-refractivity contribution in [2.45, 2.75) is 49.7 Å². The number of carbonyl (C=O) groups excluding carboxylic acids is 1. The molecule has 1 aliphatic carbocycles. The maximum atomic E-state index is 13.3. The predicted molar refractivity (Wildman–Crippen MR) is 126 cm³/mol. The van der Waals surface area contributed by atoms with Crippen molar-refractivity contribution >= 4 is 37.9 Å². The molecular formula is C22H28FN3O6S2. The number of ether oxygens (including phenoxy) is 2. The van der Waals surface area contributed by atoms with E-state index in [1.54, 1.807) is 0 Å². The molecule has 1 fully saturated rings. The van der Waals surface area contributed by atoms with E-state index in [0.717, 1.165) is 19.0 Å². The molecule has 1 saturated carbocycles. The van der Waals surface area contributed by atoms with Crippen molar-refractivity contribution in [2.75, 3.05) is 31.4 Å². The van der Waals surface area contributed by atoms with Gasteiger partial charge in [0, 0.05) is 32.3 Å². The van der Waals surface area contributed by atoms with Crippen LogP contribution in [0.2, 0.25) is 0 Å². The molecule has 1 amide bonds. The van der Waals surface area contributed by atoms with Crippen LogP contribution in [0, 0.1) is 5.13 Å². The Hall–Kier alpha value is -2.41. The molecular weight excluding hydrogens is 485 g/mol. The first-order chi connectivity index (χ1) is 16.3. The predicted octanol–water partition coefficient (Wildman–Crippen LogP) is 3.41. The number of hydrogen-bond acceptors (Lipinski definition) is 9. The summed E-state index contributed by atoms with van der Waals surface area (Å²) in [4.78, 5) is 22.5. The Morgan fingerprint density at radius 3 is 2.65 bits per heavy atom. The fourth-order valence-corrected chi connectivity index (χ4v) is 5.36. The highest BCUT2D eigenvalue weighted by molar-refractivity contribution is 7.91. The topological polar surface area (TPSA) is 116 Å². The molecule has 1 aliphatic rings. The first-order valence-corrected chi connectivity index (χ1v) is 13.4. The van der Waals surface area contributed by atoms with Crippen LogP contribution in [0.15, 0.2) is 40.5 Å². The SMILES string of the molecule is CCO[C@@H]1CC[C@@H](ON=C(C(=O)Nc2ncc(F)s2)c2ccc(S(=O)(=O)CCCOC)cc2)C1. The monoisotopic (exact) mass is 513 g/mol. The number of thiazole rings is 1. The number of anilines is 1. The van der Waals surface area contributed by atoms with Gasteiger partial charge < -0.3 is 14.3 Å². The lowest BCUT2D eigenvalue weighted by Gasteiger charge is -2.12. The number of methoxy groups -OCH3 is 1. The number of benzene rings is 1. The van der Waals surface area contributed by atoms with Crippen molar-refractivity contribution in [3.05, 3.63) is 41.2 Å². The molecule has 186 valence electrons. The van der Waals surface area contributed by atoms with Crippen molar-refractivity contribution in [2.24, 2.45) is 5.16 Å². The highest BCUT2D eigenvalue weighted by Crippen LogP contribution is 2.25. The average Bonchev–Trinajstić information content (AvgIpc) is 3.43. The number of amides is 1. The minimum absolute atomic E-state index is 0.0526. The number of hydrogen-bond donors (Lipinski definition) is 1. The summed E-state index contributed by atoms with van der Waals surface area (Å²) in [7, 11) is -1.98. The van der Waals surface area contributed by atoms with Gasteiger partial charge in [0.15, 0.2) is 25.8 Å². The second-order valence-corrected chi connectivity index (χ2v) is 10.8. The van der Waals surface area contributed by atoms with Crippen LogP contribution in [0.5, 0.6) is 0 Å². The average molecular weight is 514 g/mol. The van der Waals surface area contributed by atoms with Gasteiger partial charge in [-0.25, -0.2) is 13.4 Å².